The van der Waals surface area contributed by atoms with Crippen LogP contribution in [0.3, 0.4) is 0 Å². The summed E-state index contributed by atoms with van der Waals surface area (Å²) in [7, 11) is 0. The molecule has 0 aromatic carbocycles. The number of hydrogen-bond donors (Lipinski definition) is 3. The third kappa shape index (κ3) is 3.74. The summed E-state index contributed by atoms with van der Waals surface area (Å²) in [4.78, 5) is 49.3. The smallest absolute Gasteiger partial charge is 0.256 e. The highest BCUT2D eigenvalue weighted by molar-refractivity contribution is 7.15. The van der Waals surface area contributed by atoms with Crippen molar-refractivity contribution in [3.05, 3.63) is 34.5 Å². The summed E-state index contributed by atoms with van der Waals surface area (Å²) in [6, 6.07) is 2.77. The number of anilines is 2. The van der Waals surface area contributed by atoms with Crippen LogP contribution in [0.1, 0.15) is 47.1 Å². The van der Waals surface area contributed by atoms with Crippen LogP contribution in [0, 0.1) is 13.8 Å². The highest BCUT2D eigenvalue weighted by Gasteiger charge is 2.42. The summed E-state index contributed by atoms with van der Waals surface area (Å²) in [5.74, 6) is -0.0925. The Balaban J connectivity index is 1.47. The minimum atomic E-state index is -0.761. The van der Waals surface area contributed by atoms with E-state index in [9.17, 15) is 14.4 Å². The molecule has 2 aliphatic rings. The lowest BCUT2D eigenvalue weighted by molar-refractivity contribution is -0.137. The number of pyridine rings is 1. The summed E-state index contributed by atoms with van der Waals surface area (Å²) >= 11 is 1.41. The number of amides is 3. The van der Waals surface area contributed by atoms with Crippen molar-refractivity contribution in [1.82, 2.24) is 20.2 Å². The minimum Gasteiger partial charge on any atom is -0.347 e. The zero-order valence-electron chi connectivity index (χ0n) is 17.1. The number of nitrogens with zero attached hydrogens (tertiary/aromatic N) is 3. The molecule has 1 saturated heterocycles. The van der Waals surface area contributed by atoms with Crippen molar-refractivity contribution in [2.75, 3.05) is 17.2 Å². The number of rotatable bonds is 3. The van der Waals surface area contributed by atoms with Gasteiger partial charge in [0, 0.05) is 30.5 Å². The first-order chi connectivity index (χ1) is 14.3. The van der Waals surface area contributed by atoms with Gasteiger partial charge in [0.25, 0.3) is 5.91 Å². The normalized spacial score (nSPS) is 22.0. The van der Waals surface area contributed by atoms with Gasteiger partial charge in [-0.1, -0.05) is 0 Å². The van der Waals surface area contributed by atoms with Gasteiger partial charge in [-0.05, 0) is 39.3 Å². The third-order valence-corrected chi connectivity index (χ3v) is 6.72. The minimum absolute atomic E-state index is 0.121. The van der Waals surface area contributed by atoms with Crippen LogP contribution in [0.25, 0.3) is 0 Å². The number of aryl methyl sites for hydroxylation is 2. The summed E-state index contributed by atoms with van der Waals surface area (Å²) in [6.45, 7) is 5.88. The molecule has 0 saturated carbocycles. The second-order valence-corrected chi connectivity index (χ2v) is 8.93. The Morgan fingerprint density at radius 3 is 2.83 bits per heavy atom. The Bertz CT molecular complexity index is 1000. The largest absolute Gasteiger partial charge is 0.347 e. The Morgan fingerprint density at radius 2 is 2.10 bits per heavy atom. The molecule has 2 aromatic rings. The zero-order valence-corrected chi connectivity index (χ0v) is 17.9. The first kappa shape index (κ1) is 20.3. The van der Waals surface area contributed by atoms with E-state index in [-0.39, 0.29) is 24.1 Å². The molecule has 0 aliphatic carbocycles. The van der Waals surface area contributed by atoms with Crippen LogP contribution < -0.4 is 16.0 Å². The summed E-state index contributed by atoms with van der Waals surface area (Å²) in [6.07, 6.45) is 2.72. The van der Waals surface area contributed by atoms with Crippen molar-refractivity contribution >= 4 is 40.0 Å². The molecule has 0 radical (unpaired) electrons. The van der Waals surface area contributed by atoms with Crippen molar-refractivity contribution in [2.45, 2.75) is 51.7 Å². The maximum absolute atomic E-state index is 12.8. The summed E-state index contributed by atoms with van der Waals surface area (Å²) in [5, 5.41) is 9.66. The Hall–Kier alpha value is -3.01. The van der Waals surface area contributed by atoms with Gasteiger partial charge in [0.15, 0.2) is 5.13 Å². The van der Waals surface area contributed by atoms with E-state index in [4.69, 9.17) is 0 Å². The fourth-order valence-electron chi connectivity index (χ4n) is 3.79. The van der Waals surface area contributed by atoms with E-state index in [0.717, 1.165) is 10.6 Å². The van der Waals surface area contributed by atoms with Gasteiger partial charge in [0.1, 0.15) is 17.5 Å². The molecule has 0 bridgehead atoms. The molecule has 2 aliphatic heterocycles. The molecule has 158 valence electrons. The van der Waals surface area contributed by atoms with E-state index in [1.807, 2.05) is 13.8 Å². The number of aromatic nitrogens is 2. The Morgan fingerprint density at radius 1 is 1.30 bits per heavy atom. The van der Waals surface area contributed by atoms with Gasteiger partial charge >= 0.3 is 0 Å². The Labute approximate surface area is 178 Å². The number of carbonyl (C=O) groups excluding carboxylic acids is 3. The molecule has 30 heavy (non-hydrogen) atoms. The maximum atomic E-state index is 12.8. The van der Waals surface area contributed by atoms with Crippen LogP contribution in [-0.2, 0) is 9.59 Å². The first-order valence-electron chi connectivity index (χ1n) is 9.88. The van der Waals surface area contributed by atoms with Gasteiger partial charge in [0.05, 0.1) is 11.3 Å². The second kappa shape index (κ2) is 7.67. The standard InChI is InChI=1S/C20H24N6O3S/c1-11-13(3)30-19(22-11)23-17(28)12(2)26-10-8-20(7-6-15(26)27)24-16-14(18(29)25-20)5-4-9-21-16/h4-5,9,12H,6-8,10H2,1-3H3,(H,21,24)(H,25,29)(H,22,23,28)/t12-,20-/m1/s1. The molecule has 0 unspecified atom stereocenters. The van der Waals surface area contributed by atoms with Crippen LogP contribution in [0.5, 0.6) is 0 Å². The summed E-state index contributed by atoms with van der Waals surface area (Å²) < 4.78 is 0. The van der Waals surface area contributed by atoms with E-state index in [1.165, 1.54) is 11.3 Å². The predicted molar refractivity (Wildman–Crippen MR) is 113 cm³/mol. The first-order valence-corrected chi connectivity index (χ1v) is 10.7. The number of fused-ring (bicyclic) bond motifs is 1. The van der Waals surface area contributed by atoms with Crippen LogP contribution in [0.15, 0.2) is 18.3 Å². The topological polar surface area (TPSA) is 116 Å². The third-order valence-electron chi connectivity index (χ3n) is 5.73. The van der Waals surface area contributed by atoms with E-state index in [2.05, 4.69) is 25.9 Å². The van der Waals surface area contributed by atoms with Crippen LogP contribution in [0.2, 0.25) is 0 Å². The lowest BCUT2D eigenvalue weighted by Gasteiger charge is -2.39. The molecule has 1 spiro atoms. The van der Waals surface area contributed by atoms with Gasteiger partial charge in [-0.3, -0.25) is 14.4 Å². The molecule has 2 atom stereocenters. The van der Waals surface area contributed by atoms with Crippen molar-refractivity contribution in [3.63, 3.8) is 0 Å². The number of hydrogen-bond acceptors (Lipinski definition) is 7. The molecule has 2 aromatic heterocycles. The van der Waals surface area contributed by atoms with Crippen molar-refractivity contribution in [2.24, 2.45) is 0 Å². The number of likely N-dealkylation sites (tertiary alicyclic amines) is 1. The fourth-order valence-corrected chi connectivity index (χ4v) is 4.61. The van der Waals surface area contributed by atoms with E-state index in [0.29, 0.717) is 35.9 Å². The highest BCUT2D eigenvalue weighted by Crippen LogP contribution is 2.31. The molecule has 10 heteroatoms. The van der Waals surface area contributed by atoms with Gasteiger partial charge < -0.3 is 20.9 Å². The Kier molecular flexibility index (Phi) is 5.19. The summed E-state index contributed by atoms with van der Waals surface area (Å²) in [5.41, 5.74) is 0.601. The van der Waals surface area contributed by atoms with Gasteiger partial charge in [-0.2, -0.15) is 0 Å². The number of carbonyl (C=O) groups is 3. The molecule has 9 nitrogen and oxygen atoms in total. The SMILES string of the molecule is Cc1nc(NC(=O)[C@@H](C)N2CC[C@@]3(CCC2=O)NC(=O)c2cccnc2N3)sc1C. The van der Waals surface area contributed by atoms with Crippen LogP contribution in [0.4, 0.5) is 10.9 Å². The van der Waals surface area contributed by atoms with E-state index >= 15 is 0 Å². The lowest BCUT2D eigenvalue weighted by atomic mass is 9.97. The lowest BCUT2D eigenvalue weighted by Crippen LogP contribution is -2.58. The molecular weight excluding hydrogens is 404 g/mol. The highest BCUT2D eigenvalue weighted by atomic mass is 32.1. The van der Waals surface area contributed by atoms with Crippen LogP contribution >= 0.6 is 11.3 Å². The average molecular weight is 429 g/mol. The monoisotopic (exact) mass is 428 g/mol. The van der Waals surface area contributed by atoms with E-state index < -0.39 is 11.7 Å². The van der Waals surface area contributed by atoms with Gasteiger partial charge in [0.2, 0.25) is 11.8 Å². The molecule has 4 heterocycles. The quantitative estimate of drug-likeness (QED) is 0.689. The van der Waals surface area contributed by atoms with Crippen molar-refractivity contribution < 1.29 is 14.4 Å². The predicted octanol–water partition coefficient (Wildman–Crippen LogP) is 2.05. The van der Waals surface area contributed by atoms with Crippen LogP contribution in [-0.4, -0.2) is 50.8 Å². The van der Waals surface area contributed by atoms with E-state index in [1.54, 1.807) is 30.2 Å². The zero-order chi connectivity index (χ0) is 21.5. The maximum Gasteiger partial charge on any atom is 0.256 e. The van der Waals surface area contributed by atoms with Gasteiger partial charge in [-0.25, -0.2) is 9.97 Å². The molecule has 1 fully saturated rings. The fraction of sp³-hybridized carbons (Fsp3) is 0.450. The van der Waals surface area contributed by atoms with Crippen molar-refractivity contribution in [1.29, 1.82) is 0 Å². The van der Waals surface area contributed by atoms with Gasteiger partial charge in [-0.15, -0.1) is 11.3 Å². The molecule has 3 N–H and O–H groups in total. The molecule has 3 amide bonds. The number of thiazole rings is 1. The molecular formula is C20H24N6O3S. The number of nitrogens with one attached hydrogen (secondary N) is 3. The second-order valence-electron chi connectivity index (χ2n) is 7.72. The molecule has 4 rings (SSSR count). The average Bonchev–Trinajstić information content (AvgIpc) is 2.94. The van der Waals surface area contributed by atoms with Crippen molar-refractivity contribution in [3.8, 4) is 0 Å².